The zero-order chi connectivity index (χ0) is 14.3. The maximum atomic E-state index is 13.9. The van der Waals surface area contributed by atoms with E-state index in [0.717, 1.165) is 11.1 Å². The van der Waals surface area contributed by atoms with Crippen LogP contribution in [-0.2, 0) is 6.54 Å². The van der Waals surface area contributed by atoms with Crippen molar-refractivity contribution in [3.05, 3.63) is 47.2 Å². The van der Waals surface area contributed by atoms with Crippen molar-refractivity contribution < 1.29 is 4.39 Å². The second-order valence-electron chi connectivity index (χ2n) is 4.49. The monoisotopic (exact) mass is 289 g/mol. The molecule has 1 aromatic heterocycles. The van der Waals surface area contributed by atoms with Crippen molar-refractivity contribution in [2.24, 2.45) is 0 Å². The van der Waals surface area contributed by atoms with E-state index in [1.54, 1.807) is 12.1 Å². The van der Waals surface area contributed by atoms with Crippen LogP contribution in [-0.4, -0.2) is 9.55 Å². The molecule has 2 N–H and O–H groups in total. The van der Waals surface area contributed by atoms with Gasteiger partial charge in [-0.05, 0) is 31.2 Å². The summed E-state index contributed by atoms with van der Waals surface area (Å²) in [7, 11) is 0. The van der Waals surface area contributed by atoms with Gasteiger partial charge in [0.05, 0.1) is 16.2 Å². The van der Waals surface area contributed by atoms with Crippen molar-refractivity contribution in [2.45, 2.75) is 13.5 Å². The van der Waals surface area contributed by atoms with Gasteiger partial charge in [-0.3, -0.25) is 0 Å². The molecule has 0 amide bonds. The summed E-state index contributed by atoms with van der Waals surface area (Å²) in [4.78, 5) is 4.40. The number of nitrogens with zero attached hydrogens (tertiary/aromatic N) is 2. The molecule has 102 valence electrons. The van der Waals surface area contributed by atoms with Gasteiger partial charge in [-0.2, -0.15) is 0 Å². The molecule has 0 aliphatic rings. The molecule has 0 aliphatic heterocycles. The Morgan fingerprint density at radius 2 is 2.00 bits per heavy atom. The summed E-state index contributed by atoms with van der Waals surface area (Å²) in [6.07, 6.45) is 0. The molecular weight excluding hydrogens is 277 g/mol. The number of para-hydroxylation sites is 2. The molecule has 0 fully saturated rings. The van der Waals surface area contributed by atoms with E-state index in [1.807, 2.05) is 29.7 Å². The zero-order valence-electron chi connectivity index (χ0n) is 10.9. The number of fused-ring (bicyclic) bond motifs is 1. The highest BCUT2D eigenvalue weighted by Gasteiger charge is 2.16. The highest BCUT2D eigenvalue weighted by Crippen LogP contribution is 2.33. The molecule has 3 nitrogen and oxygen atoms in total. The molecule has 2 aromatic carbocycles. The minimum absolute atomic E-state index is 0.337. The summed E-state index contributed by atoms with van der Waals surface area (Å²) in [5.74, 6) is 0.296. The van der Waals surface area contributed by atoms with Crippen LogP contribution in [0.3, 0.4) is 0 Å². The Bertz CT molecular complexity index is 795. The van der Waals surface area contributed by atoms with E-state index in [4.69, 9.17) is 17.3 Å². The Morgan fingerprint density at radius 3 is 2.75 bits per heavy atom. The number of anilines is 1. The van der Waals surface area contributed by atoms with Crippen molar-refractivity contribution in [1.82, 2.24) is 9.55 Å². The lowest BCUT2D eigenvalue weighted by molar-refractivity contribution is 0.637. The largest absolute Gasteiger partial charge is 0.397 e. The van der Waals surface area contributed by atoms with Crippen LogP contribution >= 0.6 is 11.6 Å². The van der Waals surface area contributed by atoms with Gasteiger partial charge in [-0.25, -0.2) is 9.37 Å². The van der Waals surface area contributed by atoms with E-state index < -0.39 is 0 Å². The van der Waals surface area contributed by atoms with Crippen LogP contribution in [0, 0.1) is 5.82 Å². The van der Waals surface area contributed by atoms with E-state index in [1.165, 1.54) is 6.07 Å². The van der Waals surface area contributed by atoms with Gasteiger partial charge < -0.3 is 10.3 Å². The number of nitrogens with two attached hydrogens (primary N) is 1. The number of rotatable bonds is 2. The number of benzene rings is 2. The summed E-state index contributed by atoms with van der Waals surface area (Å²) in [6, 6.07) is 10.3. The van der Waals surface area contributed by atoms with Crippen molar-refractivity contribution in [3.8, 4) is 11.4 Å². The van der Waals surface area contributed by atoms with Gasteiger partial charge in [0, 0.05) is 12.1 Å². The molecule has 0 atom stereocenters. The molecule has 0 aliphatic carbocycles. The lowest BCUT2D eigenvalue weighted by Gasteiger charge is -2.09. The number of hydrogen-bond acceptors (Lipinski definition) is 2. The third kappa shape index (κ3) is 1.84. The Balaban J connectivity index is 2.36. The number of hydrogen-bond donors (Lipinski definition) is 1. The van der Waals surface area contributed by atoms with Gasteiger partial charge in [-0.1, -0.05) is 23.7 Å². The molecular formula is C15H13ClFN3. The van der Waals surface area contributed by atoms with Crippen LogP contribution in [0.15, 0.2) is 36.4 Å². The van der Waals surface area contributed by atoms with E-state index >= 15 is 0 Å². The molecule has 0 saturated heterocycles. The maximum absolute atomic E-state index is 13.9. The van der Waals surface area contributed by atoms with Crippen LogP contribution in [0.1, 0.15) is 6.92 Å². The first-order valence-electron chi connectivity index (χ1n) is 6.32. The standard InChI is InChI=1S/C15H13ClFN3/c1-2-20-12-8-4-7-11(17)14(12)19-15(20)9-5-3-6-10(16)13(9)18/h3-8H,2,18H2,1H3. The summed E-state index contributed by atoms with van der Waals surface area (Å²) in [6.45, 7) is 2.65. The molecule has 0 radical (unpaired) electrons. The van der Waals surface area contributed by atoms with E-state index in [9.17, 15) is 4.39 Å². The fourth-order valence-electron chi connectivity index (χ4n) is 2.37. The van der Waals surface area contributed by atoms with Crippen LogP contribution in [0.5, 0.6) is 0 Å². The van der Waals surface area contributed by atoms with Crippen LogP contribution in [0.25, 0.3) is 22.4 Å². The lowest BCUT2D eigenvalue weighted by Crippen LogP contribution is -2.00. The van der Waals surface area contributed by atoms with Crippen LogP contribution in [0.4, 0.5) is 10.1 Å². The maximum Gasteiger partial charge on any atom is 0.151 e. The van der Waals surface area contributed by atoms with Gasteiger partial charge >= 0.3 is 0 Å². The molecule has 0 spiro atoms. The van der Waals surface area contributed by atoms with Gasteiger partial charge in [0.1, 0.15) is 11.3 Å². The van der Waals surface area contributed by atoms with Crippen LogP contribution in [0.2, 0.25) is 5.02 Å². The summed E-state index contributed by atoms with van der Waals surface area (Å²) < 4.78 is 15.8. The van der Waals surface area contributed by atoms with Gasteiger partial charge in [0.2, 0.25) is 0 Å². The fraction of sp³-hybridized carbons (Fsp3) is 0.133. The minimum Gasteiger partial charge on any atom is -0.397 e. The predicted molar refractivity (Wildman–Crippen MR) is 80.2 cm³/mol. The smallest absolute Gasteiger partial charge is 0.151 e. The average molecular weight is 290 g/mol. The quantitative estimate of drug-likeness (QED) is 0.722. The highest BCUT2D eigenvalue weighted by atomic mass is 35.5. The summed E-state index contributed by atoms with van der Waals surface area (Å²) in [5, 5.41) is 0.470. The third-order valence-corrected chi connectivity index (χ3v) is 3.67. The molecule has 0 saturated carbocycles. The molecule has 1 heterocycles. The first kappa shape index (κ1) is 12.9. The highest BCUT2D eigenvalue weighted by molar-refractivity contribution is 6.33. The molecule has 20 heavy (non-hydrogen) atoms. The van der Waals surface area contributed by atoms with Crippen molar-refractivity contribution in [3.63, 3.8) is 0 Å². The predicted octanol–water partition coefficient (Wildman–Crippen LogP) is 4.10. The SMILES string of the molecule is CCn1c(-c2cccc(Cl)c2N)nc2c(F)cccc21. The molecule has 3 aromatic rings. The molecule has 0 bridgehead atoms. The van der Waals surface area contributed by atoms with E-state index in [-0.39, 0.29) is 5.82 Å². The number of imidazole rings is 1. The van der Waals surface area contributed by atoms with Gasteiger partial charge in [-0.15, -0.1) is 0 Å². The Morgan fingerprint density at radius 1 is 1.25 bits per heavy atom. The zero-order valence-corrected chi connectivity index (χ0v) is 11.7. The fourth-order valence-corrected chi connectivity index (χ4v) is 2.55. The van der Waals surface area contributed by atoms with Gasteiger partial charge in [0.15, 0.2) is 5.82 Å². The second kappa shape index (κ2) is 4.80. The normalized spacial score (nSPS) is 11.2. The second-order valence-corrected chi connectivity index (χ2v) is 4.90. The van der Waals surface area contributed by atoms with E-state index in [0.29, 0.717) is 28.6 Å². The summed E-state index contributed by atoms with van der Waals surface area (Å²) in [5.41, 5.74) is 8.30. The van der Waals surface area contributed by atoms with E-state index in [2.05, 4.69) is 4.98 Å². The average Bonchev–Trinajstić information content (AvgIpc) is 2.81. The lowest BCUT2D eigenvalue weighted by atomic mass is 10.1. The Hall–Kier alpha value is -2.07. The number of nitrogen functional groups attached to an aromatic ring is 1. The van der Waals surface area contributed by atoms with Gasteiger partial charge in [0.25, 0.3) is 0 Å². The summed E-state index contributed by atoms with van der Waals surface area (Å²) >= 11 is 6.05. The van der Waals surface area contributed by atoms with Crippen molar-refractivity contribution in [2.75, 3.05) is 5.73 Å². The Kier molecular flexibility index (Phi) is 3.10. The Labute approximate surface area is 120 Å². The molecule has 3 rings (SSSR count). The first-order chi connectivity index (χ1) is 9.63. The number of aromatic nitrogens is 2. The van der Waals surface area contributed by atoms with Crippen molar-refractivity contribution >= 4 is 28.3 Å². The first-order valence-corrected chi connectivity index (χ1v) is 6.70. The van der Waals surface area contributed by atoms with Crippen molar-refractivity contribution in [1.29, 1.82) is 0 Å². The number of aryl methyl sites for hydroxylation is 1. The number of halogens is 2. The minimum atomic E-state index is -0.337. The molecule has 0 unspecified atom stereocenters. The topological polar surface area (TPSA) is 43.8 Å². The van der Waals surface area contributed by atoms with Crippen LogP contribution < -0.4 is 5.73 Å². The molecule has 5 heteroatoms. The third-order valence-electron chi connectivity index (χ3n) is 3.34.